The maximum atomic E-state index is 12.2. The van der Waals surface area contributed by atoms with Crippen molar-refractivity contribution in [1.82, 2.24) is 0 Å². The molecule has 5 nitrogen and oxygen atoms in total. The van der Waals surface area contributed by atoms with Gasteiger partial charge < -0.3 is 10.2 Å². The molecule has 0 radical (unpaired) electrons. The van der Waals surface area contributed by atoms with Gasteiger partial charge in [0, 0.05) is 28.3 Å². The van der Waals surface area contributed by atoms with Crippen LogP contribution in [-0.4, -0.2) is 24.1 Å². The lowest BCUT2D eigenvalue weighted by Gasteiger charge is -2.21. The standard InChI is InChI=1S/C18H17BrN2O3/c1-12(22)14-6-8-17(9-7-14)21(13(2)23)11-18(24)20-16-5-3-4-15(19)10-16/h3-10H,11H2,1-2H3,(H,20,24). The molecule has 0 saturated heterocycles. The van der Waals surface area contributed by atoms with Gasteiger partial charge >= 0.3 is 0 Å². The molecule has 0 unspecified atom stereocenters. The molecule has 0 atom stereocenters. The molecule has 1 N–H and O–H groups in total. The summed E-state index contributed by atoms with van der Waals surface area (Å²) in [6.07, 6.45) is 0. The molecule has 0 aliphatic rings. The monoisotopic (exact) mass is 388 g/mol. The molecule has 2 rings (SSSR count). The van der Waals surface area contributed by atoms with Gasteiger partial charge in [0.1, 0.15) is 6.54 Å². The van der Waals surface area contributed by atoms with E-state index in [4.69, 9.17) is 0 Å². The summed E-state index contributed by atoms with van der Waals surface area (Å²) in [5.74, 6) is -0.614. The van der Waals surface area contributed by atoms with E-state index in [0.29, 0.717) is 16.9 Å². The zero-order valence-corrected chi connectivity index (χ0v) is 15.0. The molecule has 0 fully saturated rings. The molecule has 6 heteroatoms. The summed E-state index contributed by atoms with van der Waals surface area (Å²) in [5, 5.41) is 2.75. The van der Waals surface area contributed by atoms with Crippen molar-refractivity contribution in [1.29, 1.82) is 0 Å². The number of ketones is 1. The summed E-state index contributed by atoms with van der Waals surface area (Å²) in [6.45, 7) is 2.76. The van der Waals surface area contributed by atoms with Crippen molar-refractivity contribution in [2.45, 2.75) is 13.8 Å². The van der Waals surface area contributed by atoms with E-state index in [1.807, 2.05) is 12.1 Å². The predicted octanol–water partition coefficient (Wildman–Crippen LogP) is 3.64. The van der Waals surface area contributed by atoms with Crippen molar-refractivity contribution >= 4 is 44.9 Å². The Bertz CT molecular complexity index is 772. The van der Waals surface area contributed by atoms with Crippen molar-refractivity contribution in [3.63, 3.8) is 0 Å². The van der Waals surface area contributed by atoms with Crippen molar-refractivity contribution < 1.29 is 14.4 Å². The fraction of sp³-hybridized carbons (Fsp3) is 0.167. The van der Waals surface area contributed by atoms with Gasteiger partial charge in [0.05, 0.1) is 0 Å². The Kier molecular flexibility index (Phi) is 5.87. The maximum Gasteiger partial charge on any atom is 0.244 e. The summed E-state index contributed by atoms with van der Waals surface area (Å²) in [4.78, 5) is 36.8. The molecule has 0 saturated carbocycles. The number of rotatable bonds is 5. The van der Waals surface area contributed by atoms with E-state index in [1.54, 1.807) is 36.4 Å². The van der Waals surface area contributed by atoms with E-state index < -0.39 is 0 Å². The molecule has 124 valence electrons. The van der Waals surface area contributed by atoms with Gasteiger partial charge in [-0.2, -0.15) is 0 Å². The Balaban J connectivity index is 2.11. The van der Waals surface area contributed by atoms with Gasteiger partial charge in [0.15, 0.2) is 5.78 Å². The minimum Gasteiger partial charge on any atom is -0.324 e. The Labute approximate surface area is 148 Å². The Hall–Kier alpha value is -2.47. The molecule has 0 aromatic heterocycles. The largest absolute Gasteiger partial charge is 0.324 e. The zero-order chi connectivity index (χ0) is 17.7. The maximum absolute atomic E-state index is 12.2. The quantitative estimate of drug-likeness (QED) is 0.794. The van der Waals surface area contributed by atoms with E-state index >= 15 is 0 Å². The molecule has 0 aliphatic carbocycles. The highest BCUT2D eigenvalue weighted by Crippen LogP contribution is 2.18. The SMILES string of the molecule is CC(=O)c1ccc(N(CC(=O)Nc2cccc(Br)c2)C(C)=O)cc1. The van der Waals surface area contributed by atoms with Gasteiger partial charge in [0.2, 0.25) is 11.8 Å². The number of hydrogen-bond donors (Lipinski definition) is 1. The van der Waals surface area contributed by atoms with Crippen LogP contribution in [0.25, 0.3) is 0 Å². The fourth-order valence-corrected chi connectivity index (χ4v) is 2.57. The molecule has 2 aromatic rings. The van der Waals surface area contributed by atoms with Gasteiger partial charge in [-0.3, -0.25) is 14.4 Å². The molecule has 0 aliphatic heterocycles. The molecular formula is C18H17BrN2O3. The van der Waals surface area contributed by atoms with Crippen LogP contribution in [0.2, 0.25) is 0 Å². The summed E-state index contributed by atoms with van der Waals surface area (Å²) in [6, 6.07) is 13.8. The number of anilines is 2. The van der Waals surface area contributed by atoms with E-state index in [1.165, 1.54) is 18.7 Å². The van der Waals surface area contributed by atoms with Crippen molar-refractivity contribution in [2.24, 2.45) is 0 Å². The minimum absolute atomic E-state index is 0.0525. The summed E-state index contributed by atoms with van der Waals surface area (Å²) in [7, 11) is 0. The lowest BCUT2D eigenvalue weighted by atomic mass is 10.1. The number of benzene rings is 2. The van der Waals surface area contributed by atoms with E-state index in [2.05, 4.69) is 21.2 Å². The third kappa shape index (κ3) is 4.76. The van der Waals surface area contributed by atoms with Crippen molar-refractivity contribution in [3.05, 3.63) is 58.6 Å². The average molecular weight is 389 g/mol. The van der Waals surface area contributed by atoms with E-state index in [9.17, 15) is 14.4 Å². The summed E-state index contributed by atoms with van der Waals surface area (Å²) >= 11 is 3.34. The van der Waals surface area contributed by atoms with Gasteiger partial charge in [-0.15, -0.1) is 0 Å². The second-order valence-corrected chi connectivity index (χ2v) is 6.18. The molecule has 2 amide bonds. The van der Waals surface area contributed by atoms with Crippen LogP contribution in [0.15, 0.2) is 53.0 Å². The second-order valence-electron chi connectivity index (χ2n) is 5.27. The molecule has 24 heavy (non-hydrogen) atoms. The van der Waals surface area contributed by atoms with Gasteiger partial charge in [-0.25, -0.2) is 0 Å². The lowest BCUT2D eigenvalue weighted by molar-refractivity contribution is -0.120. The average Bonchev–Trinajstić information content (AvgIpc) is 2.52. The second kappa shape index (κ2) is 7.88. The first-order chi connectivity index (χ1) is 11.4. The number of nitrogens with one attached hydrogen (secondary N) is 1. The van der Waals surface area contributed by atoms with E-state index in [-0.39, 0.29) is 24.1 Å². The Morgan fingerprint density at radius 1 is 1.04 bits per heavy atom. The van der Waals surface area contributed by atoms with Crippen LogP contribution in [-0.2, 0) is 9.59 Å². The van der Waals surface area contributed by atoms with Gasteiger partial charge in [-0.1, -0.05) is 22.0 Å². The fourth-order valence-electron chi connectivity index (χ4n) is 2.17. The summed E-state index contributed by atoms with van der Waals surface area (Å²) in [5.41, 5.74) is 1.77. The number of carbonyl (C=O) groups excluding carboxylic acids is 3. The number of hydrogen-bond acceptors (Lipinski definition) is 3. The minimum atomic E-state index is -0.307. The van der Waals surface area contributed by atoms with Crippen LogP contribution in [0.5, 0.6) is 0 Å². The van der Waals surface area contributed by atoms with Crippen molar-refractivity contribution in [3.8, 4) is 0 Å². The molecule has 0 heterocycles. The number of halogens is 1. The topological polar surface area (TPSA) is 66.5 Å². The normalized spacial score (nSPS) is 10.1. The number of Topliss-reactive ketones (excluding diaryl/α,β-unsaturated/α-hetero) is 1. The Morgan fingerprint density at radius 3 is 2.25 bits per heavy atom. The Morgan fingerprint density at radius 2 is 1.71 bits per heavy atom. The lowest BCUT2D eigenvalue weighted by Crippen LogP contribution is -2.36. The molecular weight excluding hydrogens is 372 g/mol. The summed E-state index contributed by atoms with van der Waals surface area (Å²) < 4.78 is 0.851. The first-order valence-electron chi connectivity index (χ1n) is 7.31. The van der Waals surface area contributed by atoms with Crippen LogP contribution in [0.1, 0.15) is 24.2 Å². The highest BCUT2D eigenvalue weighted by Gasteiger charge is 2.16. The van der Waals surface area contributed by atoms with Crippen LogP contribution in [0, 0.1) is 0 Å². The number of carbonyl (C=O) groups is 3. The van der Waals surface area contributed by atoms with Crippen LogP contribution >= 0.6 is 15.9 Å². The first-order valence-corrected chi connectivity index (χ1v) is 8.10. The highest BCUT2D eigenvalue weighted by molar-refractivity contribution is 9.10. The highest BCUT2D eigenvalue weighted by atomic mass is 79.9. The van der Waals surface area contributed by atoms with E-state index in [0.717, 1.165) is 4.47 Å². The third-order valence-electron chi connectivity index (χ3n) is 3.38. The molecule has 0 bridgehead atoms. The number of amides is 2. The van der Waals surface area contributed by atoms with Crippen LogP contribution < -0.4 is 10.2 Å². The predicted molar refractivity (Wildman–Crippen MR) is 97.2 cm³/mol. The molecule has 2 aromatic carbocycles. The van der Waals surface area contributed by atoms with Crippen LogP contribution in [0.3, 0.4) is 0 Å². The number of nitrogens with zero attached hydrogens (tertiary/aromatic N) is 1. The first kappa shape index (κ1) is 17.9. The third-order valence-corrected chi connectivity index (χ3v) is 3.87. The zero-order valence-electron chi connectivity index (χ0n) is 13.4. The van der Waals surface area contributed by atoms with Crippen molar-refractivity contribution in [2.75, 3.05) is 16.8 Å². The van der Waals surface area contributed by atoms with Crippen LogP contribution in [0.4, 0.5) is 11.4 Å². The van der Waals surface area contributed by atoms with Gasteiger partial charge in [0.25, 0.3) is 0 Å². The molecule has 0 spiro atoms. The smallest absolute Gasteiger partial charge is 0.244 e. The van der Waals surface area contributed by atoms with Gasteiger partial charge in [-0.05, 0) is 49.4 Å².